The van der Waals surface area contributed by atoms with Gasteiger partial charge in [-0.25, -0.2) is 4.98 Å². The van der Waals surface area contributed by atoms with Gasteiger partial charge in [-0.2, -0.15) is 0 Å². The molecule has 2 aromatic heterocycles. The van der Waals surface area contributed by atoms with E-state index in [0.29, 0.717) is 27.2 Å². The van der Waals surface area contributed by atoms with Gasteiger partial charge in [-0.15, -0.1) is 11.3 Å². The number of anilines is 1. The van der Waals surface area contributed by atoms with Crippen LogP contribution in [0.3, 0.4) is 0 Å². The van der Waals surface area contributed by atoms with Crippen molar-refractivity contribution < 1.29 is 4.79 Å². The molecule has 0 saturated heterocycles. The minimum Gasteiger partial charge on any atom is -0.321 e. The summed E-state index contributed by atoms with van der Waals surface area (Å²) in [7, 11) is 0. The molecule has 0 saturated carbocycles. The molecule has 1 amide bonds. The molecule has 29 heavy (non-hydrogen) atoms. The molecular formula is C23H21N3O2S. The van der Waals surface area contributed by atoms with Crippen LogP contribution >= 0.6 is 11.3 Å². The zero-order chi connectivity index (χ0) is 20.5. The maximum absolute atomic E-state index is 13.0. The van der Waals surface area contributed by atoms with Crippen molar-refractivity contribution in [2.45, 2.75) is 27.3 Å². The maximum Gasteiger partial charge on any atom is 0.266 e. The van der Waals surface area contributed by atoms with Gasteiger partial charge in [-0.1, -0.05) is 42.5 Å². The van der Waals surface area contributed by atoms with E-state index in [1.165, 1.54) is 11.3 Å². The fraction of sp³-hybridized carbons (Fsp3) is 0.174. The van der Waals surface area contributed by atoms with Gasteiger partial charge in [0.2, 0.25) is 0 Å². The van der Waals surface area contributed by atoms with E-state index in [2.05, 4.69) is 10.3 Å². The highest BCUT2D eigenvalue weighted by Crippen LogP contribution is 2.28. The van der Waals surface area contributed by atoms with Gasteiger partial charge >= 0.3 is 0 Å². The number of nitrogens with zero attached hydrogens (tertiary/aromatic N) is 2. The number of rotatable bonds is 4. The standard InChI is InChI=1S/C23H21N3O2S/c1-14-9-10-15(2)18(11-14)25-21(27)20-16(3)19-22(29-20)24-13-26(23(19)28)12-17-7-5-4-6-8-17/h4-11,13H,12H2,1-3H3,(H,25,27). The molecule has 1 N–H and O–H groups in total. The second kappa shape index (κ2) is 7.64. The van der Waals surface area contributed by atoms with Crippen molar-refractivity contribution >= 4 is 33.1 Å². The van der Waals surface area contributed by atoms with Crippen LogP contribution in [0.5, 0.6) is 0 Å². The van der Waals surface area contributed by atoms with Crippen molar-refractivity contribution in [3.63, 3.8) is 0 Å². The van der Waals surface area contributed by atoms with Crippen LogP contribution in [0.2, 0.25) is 0 Å². The Morgan fingerprint density at radius 1 is 1.10 bits per heavy atom. The van der Waals surface area contributed by atoms with Crippen LogP contribution in [-0.4, -0.2) is 15.5 Å². The third-order valence-electron chi connectivity index (χ3n) is 4.96. The van der Waals surface area contributed by atoms with Crippen molar-refractivity contribution in [3.8, 4) is 0 Å². The molecule has 6 heteroatoms. The Hall–Kier alpha value is -3.25. The Morgan fingerprint density at radius 2 is 1.86 bits per heavy atom. The fourth-order valence-corrected chi connectivity index (χ4v) is 4.35. The summed E-state index contributed by atoms with van der Waals surface area (Å²) in [6.45, 7) is 6.20. The Kier molecular flexibility index (Phi) is 5.03. The third kappa shape index (κ3) is 3.71. The monoisotopic (exact) mass is 403 g/mol. The van der Waals surface area contributed by atoms with Crippen molar-refractivity contribution in [1.29, 1.82) is 0 Å². The molecule has 0 aliphatic heterocycles. The number of hydrogen-bond donors (Lipinski definition) is 1. The summed E-state index contributed by atoms with van der Waals surface area (Å²) < 4.78 is 1.59. The molecule has 0 unspecified atom stereocenters. The van der Waals surface area contributed by atoms with Crippen LogP contribution in [0.25, 0.3) is 10.2 Å². The predicted molar refractivity (Wildman–Crippen MR) is 118 cm³/mol. The van der Waals surface area contributed by atoms with Gasteiger partial charge in [0.15, 0.2) is 0 Å². The van der Waals surface area contributed by atoms with Gasteiger partial charge < -0.3 is 5.32 Å². The average Bonchev–Trinajstić information content (AvgIpc) is 3.05. The van der Waals surface area contributed by atoms with E-state index >= 15 is 0 Å². The number of nitrogens with one attached hydrogen (secondary N) is 1. The molecular weight excluding hydrogens is 382 g/mol. The van der Waals surface area contributed by atoms with Gasteiger partial charge in [0, 0.05) is 5.69 Å². The normalized spacial score (nSPS) is 11.0. The highest BCUT2D eigenvalue weighted by molar-refractivity contribution is 7.20. The van der Waals surface area contributed by atoms with Gasteiger partial charge in [0.25, 0.3) is 11.5 Å². The van der Waals surface area contributed by atoms with Crippen LogP contribution in [0.1, 0.15) is 31.9 Å². The third-order valence-corrected chi connectivity index (χ3v) is 6.16. The van der Waals surface area contributed by atoms with Gasteiger partial charge in [0.05, 0.1) is 23.1 Å². The number of hydrogen-bond acceptors (Lipinski definition) is 4. The maximum atomic E-state index is 13.0. The van der Waals surface area contributed by atoms with E-state index < -0.39 is 0 Å². The highest BCUT2D eigenvalue weighted by Gasteiger charge is 2.20. The largest absolute Gasteiger partial charge is 0.321 e. The van der Waals surface area contributed by atoms with Crippen LogP contribution in [0.15, 0.2) is 59.7 Å². The molecule has 146 valence electrons. The summed E-state index contributed by atoms with van der Waals surface area (Å²) >= 11 is 1.25. The molecule has 0 atom stereocenters. The van der Waals surface area contributed by atoms with Crippen LogP contribution in [-0.2, 0) is 6.54 Å². The molecule has 0 radical (unpaired) electrons. The van der Waals surface area contributed by atoms with Crippen LogP contribution in [0, 0.1) is 20.8 Å². The summed E-state index contributed by atoms with van der Waals surface area (Å²) in [5.74, 6) is -0.215. The van der Waals surface area contributed by atoms with Crippen LogP contribution in [0.4, 0.5) is 5.69 Å². The lowest BCUT2D eigenvalue weighted by Crippen LogP contribution is -2.21. The Balaban J connectivity index is 1.70. The molecule has 0 bridgehead atoms. The van der Waals surface area contributed by atoms with Crippen LogP contribution < -0.4 is 10.9 Å². The molecule has 0 spiro atoms. The first-order chi connectivity index (χ1) is 13.9. The quantitative estimate of drug-likeness (QED) is 0.538. The Bertz CT molecular complexity index is 1270. The smallest absolute Gasteiger partial charge is 0.266 e. The highest BCUT2D eigenvalue weighted by atomic mass is 32.1. The first-order valence-corrected chi connectivity index (χ1v) is 10.2. The second-order valence-corrected chi connectivity index (χ2v) is 8.17. The predicted octanol–water partition coefficient (Wildman–Crippen LogP) is 4.68. The summed E-state index contributed by atoms with van der Waals surface area (Å²) in [6, 6.07) is 15.7. The summed E-state index contributed by atoms with van der Waals surface area (Å²) in [6.07, 6.45) is 1.56. The van der Waals surface area contributed by atoms with Crippen molar-refractivity contribution in [2.75, 3.05) is 5.32 Å². The number of carbonyl (C=O) groups excluding carboxylic acids is 1. The van der Waals surface area contributed by atoms with Gasteiger partial charge in [0.1, 0.15) is 4.83 Å². The zero-order valence-electron chi connectivity index (χ0n) is 16.5. The molecule has 2 aromatic carbocycles. The van der Waals surface area contributed by atoms with Gasteiger partial charge in [-0.05, 0) is 49.1 Å². The number of carbonyl (C=O) groups is 1. The van der Waals surface area contributed by atoms with E-state index in [-0.39, 0.29) is 11.5 Å². The lowest BCUT2D eigenvalue weighted by atomic mass is 10.1. The number of thiophene rings is 1. The first kappa shape index (κ1) is 19.1. The van der Waals surface area contributed by atoms with E-state index in [1.54, 1.807) is 10.9 Å². The van der Waals surface area contributed by atoms with E-state index in [9.17, 15) is 9.59 Å². The molecule has 2 heterocycles. The number of amides is 1. The zero-order valence-corrected chi connectivity index (χ0v) is 17.3. The van der Waals surface area contributed by atoms with Crippen molar-refractivity contribution in [2.24, 2.45) is 0 Å². The molecule has 0 aliphatic rings. The SMILES string of the molecule is Cc1ccc(C)c(NC(=O)c2sc3ncn(Cc4ccccc4)c(=O)c3c2C)c1. The number of aryl methyl sites for hydroxylation is 3. The second-order valence-electron chi connectivity index (χ2n) is 7.17. The van der Waals surface area contributed by atoms with E-state index in [4.69, 9.17) is 0 Å². The molecule has 4 aromatic rings. The summed E-state index contributed by atoms with van der Waals surface area (Å²) in [5, 5.41) is 3.49. The average molecular weight is 404 g/mol. The minimum absolute atomic E-state index is 0.126. The fourth-order valence-electron chi connectivity index (χ4n) is 3.32. The van der Waals surface area contributed by atoms with Crippen molar-refractivity contribution in [1.82, 2.24) is 9.55 Å². The Labute approximate surface area is 172 Å². The molecule has 0 aliphatic carbocycles. The first-order valence-electron chi connectivity index (χ1n) is 9.35. The number of aromatic nitrogens is 2. The molecule has 4 rings (SSSR count). The summed E-state index contributed by atoms with van der Waals surface area (Å²) in [4.78, 5) is 31.5. The van der Waals surface area contributed by atoms with Gasteiger partial charge in [-0.3, -0.25) is 14.2 Å². The molecule has 0 fully saturated rings. The Morgan fingerprint density at radius 3 is 2.62 bits per heavy atom. The minimum atomic E-state index is -0.215. The summed E-state index contributed by atoms with van der Waals surface area (Å²) in [5.41, 5.74) is 4.42. The van der Waals surface area contributed by atoms with E-state index in [0.717, 1.165) is 22.4 Å². The van der Waals surface area contributed by atoms with Crippen molar-refractivity contribution in [3.05, 3.63) is 92.3 Å². The number of fused-ring (bicyclic) bond motifs is 1. The lowest BCUT2D eigenvalue weighted by Gasteiger charge is -2.09. The topological polar surface area (TPSA) is 64.0 Å². The lowest BCUT2D eigenvalue weighted by molar-refractivity contribution is 0.103. The molecule has 5 nitrogen and oxygen atoms in total. The van der Waals surface area contributed by atoms with E-state index in [1.807, 2.05) is 69.3 Å². The number of benzene rings is 2.